The molecule has 2 saturated carbocycles. The van der Waals surface area contributed by atoms with Crippen LogP contribution in [0, 0.1) is 17.8 Å². The number of fused-ring (bicyclic) bond motifs is 1. The largest absolute Gasteiger partial charge is 0.379 e. The molecule has 1 heterocycles. The second-order valence-electron chi connectivity index (χ2n) is 5.78. The van der Waals surface area contributed by atoms with Gasteiger partial charge in [-0.05, 0) is 44.4 Å². The van der Waals surface area contributed by atoms with Crippen LogP contribution in [0.4, 0.5) is 0 Å². The van der Waals surface area contributed by atoms with E-state index in [-0.39, 0.29) is 11.4 Å². The van der Waals surface area contributed by atoms with Crippen molar-refractivity contribution < 1.29 is 9.53 Å². The molecule has 1 amide bonds. The summed E-state index contributed by atoms with van der Waals surface area (Å²) in [5.41, 5.74) is -0.0934. The van der Waals surface area contributed by atoms with Gasteiger partial charge in [-0.3, -0.25) is 4.79 Å². The van der Waals surface area contributed by atoms with E-state index in [4.69, 9.17) is 4.74 Å². The quantitative estimate of drug-likeness (QED) is 0.745. The highest BCUT2D eigenvalue weighted by Crippen LogP contribution is 2.54. The summed E-state index contributed by atoms with van der Waals surface area (Å²) < 4.78 is 5.34. The van der Waals surface area contributed by atoms with Gasteiger partial charge in [-0.25, -0.2) is 0 Å². The number of ether oxygens (including phenoxy) is 1. The summed E-state index contributed by atoms with van der Waals surface area (Å²) in [5.74, 6) is 2.34. The second kappa shape index (κ2) is 3.21. The van der Waals surface area contributed by atoms with Gasteiger partial charge in [-0.15, -0.1) is 0 Å². The van der Waals surface area contributed by atoms with Gasteiger partial charge >= 0.3 is 0 Å². The minimum atomic E-state index is -0.0934. The molecule has 0 aromatic rings. The van der Waals surface area contributed by atoms with E-state index in [0.29, 0.717) is 12.5 Å². The summed E-state index contributed by atoms with van der Waals surface area (Å²) in [6.07, 6.45) is 4.60. The lowest BCUT2D eigenvalue weighted by Crippen LogP contribution is -2.48. The fraction of sp³-hybridized carbons (Fsp3) is 0.917. The first-order valence-corrected chi connectivity index (χ1v) is 6.06. The van der Waals surface area contributed by atoms with E-state index in [2.05, 4.69) is 12.2 Å². The van der Waals surface area contributed by atoms with E-state index in [9.17, 15) is 4.79 Å². The predicted molar refractivity (Wildman–Crippen MR) is 56.3 cm³/mol. The highest BCUT2D eigenvalue weighted by atomic mass is 16.5. The van der Waals surface area contributed by atoms with Gasteiger partial charge in [0.05, 0.1) is 12.1 Å². The van der Waals surface area contributed by atoms with Crippen LogP contribution in [0.2, 0.25) is 0 Å². The Kier molecular flexibility index (Phi) is 2.06. The number of rotatable bonds is 2. The van der Waals surface area contributed by atoms with Crippen LogP contribution in [0.3, 0.4) is 0 Å². The van der Waals surface area contributed by atoms with Crippen molar-refractivity contribution in [1.82, 2.24) is 5.32 Å². The van der Waals surface area contributed by atoms with Crippen LogP contribution < -0.4 is 5.32 Å². The summed E-state index contributed by atoms with van der Waals surface area (Å²) in [6.45, 7) is 3.55. The summed E-state index contributed by atoms with van der Waals surface area (Å²) in [6, 6.07) is 0. The number of amides is 1. The summed E-state index contributed by atoms with van der Waals surface area (Å²) in [5, 5.41) is 3.17. The molecule has 0 bridgehead atoms. The maximum absolute atomic E-state index is 12.0. The zero-order valence-electron chi connectivity index (χ0n) is 9.29. The van der Waals surface area contributed by atoms with Crippen molar-refractivity contribution in [1.29, 1.82) is 0 Å². The van der Waals surface area contributed by atoms with Gasteiger partial charge in [0.1, 0.15) is 0 Å². The van der Waals surface area contributed by atoms with Crippen molar-refractivity contribution in [2.24, 2.45) is 17.8 Å². The van der Waals surface area contributed by atoms with Gasteiger partial charge in [-0.1, -0.05) is 0 Å². The Balaban J connectivity index is 1.56. The summed E-state index contributed by atoms with van der Waals surface area (Å²) in [4.78, 5) is 12.0. The number of hydrogen-bond donors (Lipinski definition) is 1. The van der Waals surface area contributed by atoms with E-state index < -0.39 is 0 Å². The minimum absolute atomic E-state index is 0.0934. The van der Waals surface area contributed by atoms with Crippen LogP contribution in [-0.4, -0.2) is 24.7 Å². The Morgan fingerprint density at radius 1 is 1.33 bits per heavy atom. The van der Waals surface area contributed by atoms with Crippen LogP contribution in [0.5, 0.6) is 0 Å². The van der Waals surface area contributed by atoms with E-state index in [1.54, 1.807) is 0 Å². The fourth-order valence-corrected chi connectivity index (χ4v) is 3.09. The molecule has 3 rings (SSSR count). The molecule has 0 aromatic heterocycles. The first kappa shape index (κ1) is 9.64. The Labute approximate surface area is 90.6 Å². The molecule has 3 nitrogen and oxygen atoms in total. The van der Waals surface area contributed by atoms with E-state index in [1.165, 1.54) is 6.42 Å². The van der Waals surface area contributed by atoms with Gasteiger partial charge in [-0.2, -0.15) is 0 Å². The van der Waals surface area contributed by atoms with E-state index in [1.807, 2.05) is 0 Å². The Bertz CT molecular complexity index is 273. The standard InChI is InChI=1S/C12H19NO2/c1-12(2-3-15-7-12)13-11(14)10-5-8-4-9(8)6-10/h8-10H,2-7H2,1H3,(H,13,14). The first-order chi connectivity index (χ1) is 7.16. The molecule has 3 heteroatoms. The third kappa shape index (κ3) is 1.78. The lowest BCUT2D eigenvalue weighted by atomic mass is 9.97. The molecule has 0 radical (unpaired) electrons. The van der Waals surface area contributed by atoms with Gasteiger partial charge in [0, 0.05) is 12.5 Å². The normalized spacial score (nSPS) is 47.7. The lowest BCUT2D eigenvalue weighted by molar-refractivity contribution is -0.127. The molecule has 3 fully saturated rings. The van der Waals surface area contributed by atoms with Gasteiger partial charge in [0.25, 0.3) is 0 Å². The number of nitrogens with one attached hydrogen (secondary N) is 1. The molecular formula is C12H19NO2. The zero-order chi connectivity index (χ0) is 10.5. The molecule has 3 atom stereocenters. The molecule has 0 spiro atoms. The Morgan fingerprint density at radius 2 is 2.07 bits per heavy atom. The third-order valence-electron chi connectivity index (χ3n) is 4.26. The molecular weight excluding hydrogens is 190 g/mol. The Morgan fingerprint density at radius 3 is 2.67 bits per heavy atom. The SMILES string of the molecule is CC1(NC(=O)C2CC3CC3C2)CCOC1. The van der Waals surface area contributed by atoms with E-state index >= 15 is 0 Å². The van der Waals surface area contributed by atoms with Crippen molar-refractivity contribution in [3.63, 3.8) is 0 Å². The predicted octanol–water partition coefficient (Wildman–Crippen LogP) is 1.33. The van der Waals surface area contributed by atoms with Crippen molar-refractivity contribution >= 4 is 5.91 Å². The van der Waals surface area contributed by atoms with Crippen LogP contribution in [0.15, 0.2) is 0 Å². The molecule has 1 aliphatic heterocycles. The highest BCUT2D eigenvalue weighted by molar-refractivity contribution is 5.80. The number of hydrogen-bond acceptors (Lipinski definition) is 2. The zero-order valence-corrected chi connectivity index (χ0v) is 9.29. The monoisotopic (exact) mass is 209 g/mol. The second-order valence-corrected chi connectivity index (χ2v) is 5.78. The highest BCUT2D eigenvalue weighted by Gasteiger charge is 2.48. The number of carbonyl (C=O) groups excluding carboxylic acids is 1. The van der Waals surface area contributed by atoms with Crippen molar-refractivity contribution in [2.75, 3.05) is 13.2 Å². The molecule has 2 aliphatic carbocycles. The smallest absolute Gasteiger partial charge is 0.223 e. The van der Waals surface area contributed by atoms with E-state index in [0.717, 1.165) is 37.7 Å². The molecule has 15 heavy (non-hydrogen) atoms. The maximum atomic E-state index is 12.0. The van der Waals surface area contributed by atoms with Crippen LogP contribution in [-0.2, 0) is 9.53 Å². The van der Waals surface area contributed by atoms with Gasteiger partial charge in [0.15, 0.2) is 0 Å². The first-order valence-electron chi connectivity index (χ1n) is 6.06. The van der Waals surface area contributed by atoms with Crippen LogP contribution in [0.25, 0.3) is 0 Å². The molecule has 84 valence electrons. The molecule has 0 aromatic carbocycles. The summed E-state index contributed by atoms with van der Waals surface area (Å²) in [7, 11) is 0. The van der Waals surface area contributed by atoms with Gasteiger partial charge in [0.2, 0.25) is 5.91 Å². The fourth-order valence-electron chi connectivity index (χ4n) is 3.09. The Hall–Kier alpha value is -0.570. The summed E-state index contributed by atoms with van der Waals surface area (Å²) >= 11 is 0. The molecule has 3 unspecified atom stereocenters. The average molecular weight is 209 g/mol. The minimum Gasteiger partial charge on any atom is -0.379 e. The molecule has 1 N–H and O–H groups in total. The molecule has 1 saturated heterocycles. The van der Waals surface area contributed by atoms with Gasteiger partial charge < -0.3 is 10.1 Å². The van der Waals surface area contributed by atoms with Crippen LogP contribution in [0.1, 0.15) is 32.6 Å². The lowest BCUT2D eigenvalue weighted by Gasteiger charge is -2.25. The van der Waals surface area contributed by atoms with Crippen molar-refractivity contribution in [3.05, 3.63) is 0 Å². The maximum Gasteiger partial charge on any atom is 0.223 e. The van der Waals surface area contributed by atoms with Crippen LogP contribution >= 0.6 is 0 Å². The molecule has 3 aliphatic rings. The van der Waals surface area contributed by atoms with Crippen molar-refractivity contribution in [2.45, 2.75) is 38.1 Å². The average Bonchev–Trinajstić information content (AvgIpc) is 2.63. The third-order valence-corrected chi connectivity index (χ3v) is 4.26. The number of carbonyl (C=O) groups is 1. The van der Waals surface area contributed by atoms with Crippen molar-refractivity contribution in [3.8, 4) is 0 Å². The topological polar surface area (TPSA) is 38.3 Å².